The topological polar surface area (TPSA) is 71.3 Å². The first-order valence-corrected chi connectivity index (χ1v) is 9.53. The highest BCUT2D eigenvalue weighted by Crippen LogP contribution is 2.22. The van der Waals surface area contributed by atoms with Crippen molar-refractivity contribution in [2.24, 2.45) is 0 Å². The number of anilines is 1. The van der Waals surface area contributed by atoms with E-state index in [4.69, 9.17) is 4.52 Å². The average Bonchev–Trinajstić information content (AvgIpc) is 3.20. The number of rotatable bonds is 7. The molecule has 3 aromatic rings. The Bertz CT molecular complexity index is 888. The van der Waals surface area contributed by atoms with Crippen LogP contribution in [0.25, 0.3) is 11.5 Å². The zero-order valence-corrected chi connectivity index (χ0v) is 16.6. The van der Waals surface area contributed by atoms with Gasteiger partial charge in [0, 0.05) is 30.8 Å². The molecular weight excluding hydrogens is 352 g/mol. The lowest BCUT2D eigenvalue weighted by Gasteiger charge is -2.18. The second-order valence-electron chi connectivity index (χ2n) is 7.13. The normalized spacial score (nSPS) is 10.9. The number of benzene rings is 2. The Kier molecular flexibility index (Phi) is 6.42. The van der Waals surface area contributed by atoms with Crippen LogP contribution >= 0.6 is 0 Å². The third kappa shape index (κ3) is 5.19. The number of aromatic nitrogens is 2. The first-order chi connectivity index (χ1) is 13.5. The molecule has 0 saturated carbocycles. The molecule has 1 aromatic heterocycles. The van der Waals surface area contributed by atoms with E-state index in [0.29, 0.717) is 18.3 Å². The summed E-state index contributed by atoms with van der Waals surface area (Å²) in [7, 11) is 1.81. The van der Waals surface area contributed by atoms with Crippen molar-refractivity contribution in [3.8, 4) is 11.5 Å². The van der Waals surface area contributed by atoms with Crippen LogP contribution < -0.4 is 5.32 Å². The number of aryl methyl sites for hydroxylation is 1. The van der Waals surface area contributed by atoms with Gasteiger partial charge in [0.05, 0.1) is 0 Å². The highest BCUT2D eigenvalue weighted by atomic mass is 16.5. The predicted octanol–water partition coefficient (Wildman–Crippen LogP) is 4.96. The fraction of sp³-hybridized carbons (Fsp3) is 0.318. The molecule has 0 saturated heterocycles. The van der Waals surface area contributed by atoms with E-state index in [1.165, 1.54) is 5.56 Å². The van der Waals surface area contributed by atoms with E-state index in [2.05, 4.69) is 27.6 Å². The molecule has 2 amide bonds. The Hall–Kier alpha value is -3.15. The van der Waals surface area contributed by atoms with Crippen LogP contribution in [-0.2, 0) is 6.42 Å². The van der Waals surface area contributed by atoms with Gasteiger partial charge in [-0.25, -0.2) is 4.79 Å². The van der Waals surface area contributed by atoms with Gasteiger partial charge >= 0.3 is 6.03 Å². The molecule has 0 aliphatic carbocycles. The van der Waals surface area contributed by atoms with Gasteiger partial charge in [-0.1, -0.05) is 49.3 Å². The van der Waals surface area contributed by atoms with Crippen molar-refractivity contribution >= 4 is 11.7 Å². The third-order valence-corrected chi connectivity index (χ3v) is 4.49. The molecule has 0 radical (unpaired) electrons. The summed E-state index contributed by atoms with van der Waals surface area (Å²) in [4.78, 5) is 18.4. The lowest BCUT2D eigenvalue weighted by Crippen LogP contribution is -2.32. The van der Waals surface area contributed by atoms with Crippen molar-refractivity contribution in [3.05, 3.63) is 66.0 Å². The monoisotopic (exact) mass is 378 g/mol. The molecule has 0 aliphatic rings. The summed E-state index contributed by atoms with van der Waals surface area (Å²) < 4.78 is 5.30. The van der Waals surface area contributed by atoms with Gasteiger partial charge in [-0.2, -0.15) is 4.98 Å². The molecule has 6 nitrogen and oxygen atoms in total. The summed E-state index contributed by atoms with van der Waals surface area (Å²) in [5.74, 6) is 1.39. The van der Waals surface area contributed by atoms with Crippen molar-refractivity contribution in [3.63, 3.8) is 0 Å². The van der Waals surface area contributed by atoms with Crippen molar-refractivity contribution in [2.75, 3.05) is 18.9 Å². The third-order valence-electron chi connectivity index (χ3n) is 4.49. The van der Waals surface area contributed by atoms with Gasteiger partial charge in [-0.15, -0.1) is 0 Å². The molecular formula is C22H26N4O2. The van der Waals surface area contributed by atoms with Crippen molar-refractivity contribution in [2.45, 2.75) is 32.6 Å². The van der Waals surface area contributed by atoms with Crippen LogP contribution in [-0.4, -0.2) is 34.7 Å². The first kappa shape index (κ1) is 19.6. The van der Waals surface area contributed by atoms with Gasteiger partial charge in [0.2, 0.25) is 0 Å². The summed E-state index contributed by atoms with van der Waals surface area (Å²) in [5.41, 5.74) is 2.84. The van der Waals surface area contributed by atoms with E-state index in [0.717, 1.165) is 24.1 Å². The van der Waals surface area contributed by atoms with Crippen LogP contribution in [0.1, 0.15) is 37.6 Å². The second kappa shape index (κ2) is 9.17. The van der Waals surface area contributed by atoms with Gasteiger partial charge < -0.3 is 14.7 Å². The molecule has 0 fully saturated rings. The molecule has 2 aromatic carbocycles. The fourth-order valence-electron chi connectivity index (χ4n) is 2.77. The molecule has 0 bridgehead atoms. The molecule has 0 atom stereocenters. The van der Waals surface area contributed by atoms with Crippen LogP contribution in [0.3, 0.4) is 0 Å². The Labute approximate surface area is 165 Å². The molecule has 3 rings (SSSR count). The minimum absolute atomic E-state index is 0.124. The SMILES string of the molecule is CC(C)c1noc(-c2ccc(NC(=O)N(C)CCCc3ccccc3)cc2)n1. The highest BCUT2D eigenvalue weighted by Gasteiger charge is 2.12. The van der Waals surface area contributed by atoms with Crippen molar-refractivity contribution in [1.29, 1.82) is 0 Å². The summed E-state index contributed by atoms with van der Waals surface area (Å²) >= 11 is 0. The van der Waals surface area contributed by atoms with Crippen LogP contribution in [0.5, 0.6) is 0 Å². The Balaban J connectivity index is 1.50. The number of urea groups is 1. The summed E-state index contributed by atoms with van der Waals surface area (Å²) in [6.07, 6.45) is 1.87. The average molecular weight is 378 g/mol. The van der Waals surface area contributed by atoms with E-state index < -0.39 is 0 Å². The van der Waals surface area contributed by atoms with Crippen LogP contribution in [0.2, 0.25) is 0 Å². The maximum atomic E-state index is 12.4. The lowest BCUT2D eigenvalue weighted by molar-refractivity contribution is 0.222. The van der Waals surface area contributed by atoms with E-state index in [1.54, 1.807) is 11.9 Å². The maximum Gasteiger partial charge on any atom is 0.321 e. The highest BCUT2D eigenvalue weighted by molar-refractivity contribution is 5.89. The number of nitrogens with one attached hydrogen (secondary N) is 1. The largest absolute Gasteiger partial charge is 0.334 e. The first-order valence-electron chi connectivity index (χ1n) is 9.53. The molecule has 0 unspecified atom stereocenters. The Morgan fingerprint density at radius 3 is 2.46 bits per heavy atom. The van der Waals surface area contributed by atoms with E-state index in [-0.39, 0.29) is 11.9 Å². The van der Waals surface area contributed by atoms with Crippen LogP contribution in [0.15, 0.2) is 59.1 Å². The number of nitrogens with zero attached hydrogens (tertiary/aromatic N) is 3. The standard InChI is InChI=1S/C22H26N4O2/c1-16(2)20-24-21(28-25-20)18-11-13-19(14-12-18)23-22(27)26(3)15-7-10-17-8-5-4-6-9-17/h4-6,8-9,11-14,16H,7,10,15H2,1-3H3,(H,23,27). The molecule has 146 valence electrons. The molecule has 6 heteroatoms. The van der Waals surface area contributed by atoms with Crippen molar-refractivity contribution < 1.29 is 9.32 Å². The van der Waals surface area contributed by atoms with Gasteiger partial charge in [-0.3, -0.25) is 0 Å². The van der Waals surface area contributed by atoms with Gasteiger partial charge in [0.15, 0.2) is 5.82 Å². The number of carbonyl (C=O) groups is 1. The fourth-order valence-corrected chi connectivity index (χ4v) is 2.77. The minimum atomic E-state index is -0.124. The van der Waals surface area contributed by atoms with E-state index >= 15 is 0 Å². The van der Waals surface area contributed by atoms with Gasteiger partial charge in [-0.05, 0) is 42.7 Å². The molecule has 1 N–H and O–H groups in total. The minimum Gasteiger partial charge on any atom is -0.334 e. The molecule has 0 spiro atoms. The lowest BCUT2D eigenvalue weighted by atomic mass is 10.1. The molecule has 28 heavy (non-hydrogen) atoms. The smallest absolute Gasteiger partial charge is 0.321 e. The second-order valence-corrected chi connectivity index (χ2v) is 7.13. The number of hydrogen-bond acceptors (Lipinski definition) is 4. The van der Waals surface area contributed by atoms with Crippen LogP contribution in [0.4, 0.5) is 10.5 Å². The van der Waals surface area contributed by atoms with Gasteiger partial charge in [0.25, 0.3) is 5.89 Å². The Morgan fingerprint density at radius 1 is 1.11 bits per heavy atom. The maximum absolute atomic E-state index is 12.4. The number of hydrogen-bond donors (Lipinski definition) is 1. The van der Waals surface area contributed by atoms with Crippen LogP contribution in [0, 0.1) is 0 Å². The number of carbonyl (C=O) groups excluding carboxylic acids is 1. The van der Waals surface area contributed by atoms with Gasteiger partial charge in [0.1, 0.15) is 0 Å². The number of amides is 2. The van der Waals surface area contributed by atoms with E-state index in [1.807, 2.05) is 56.3 Å². The summed E-state index contributed by atoms with van der Waals surface area (Å²) in [6.45, 7) is 4.73. The van der Waals surface area contributed by atoms with Crippen molar-refractivity contribution in [1.82, 2.24) is 15.0 Å². The zero-order valence-electron chi connectivity index (χ0n) is 16.6. The predicted molar refractivity (Wildman–Crippen MR) is 110 cm³/mol. The van der Waals surface area contributed by atoms with E-state index in [9.17, 15) is 4.79 Å². The zero-order chi connectivity index (χ0) is 19.9. The summed E-state index contributed by atoms with van der Waals surface area (Å²) in [6, 6.07) is 17.6. The molecule has 0 aliphatic heterocycles. The quantitative estimate of drug-likeness (QED) is 0.631. The molecule has 1 heterocycles. The Morgan fingerprint density at radius 2 is 1.82 bits per heavy atom. The summed E-state index contributed by atoms with van der Waals surface area (Å²) in [5, 5.41) is 6.89.